The predicted octanol–water partition coefficient (Wildman–Crippen LogP) is -0.176. The molecule has 78 valence electrons. The quantitative estimate of drug-likeness (QED) is 0.431. The van der Waals surface area contributed by atoms with Gasteiger partial charge < -0.3 is 9.90 Å². The predicted molar refractivity (Wildman–Crippen MR) is 50.6 cm³/mol. The highest BCUT2D eigenvalue weighted by molar-refractivity contribution is 5.29. The van der Waals surface area contributed by atoms with Gasteiger partial charge in [-0.1, -0.05) is 0 Å². The van der Waals surface area contributed by atoms with Crippen LogP contribution in [0.3, 0.4) is 0 Å². The zero-order valence-electron chi connectivity index (χ0n) is 8.29. The first-order valence-electron chi connectivity index (χ1n) is 5.05. The Morgan fingerprint density at radius 1 is 1.43 bits per heavy atom. The fraction of sp³-hybridized carbons (Fsp3) is 0.700. The number of carboxylic acid groups (broad SMARTS) is 1. The second-order valence-corrected chi connectivity index (χ2v) is 3.34. The minimum absolute atomic E-state index is 0.500. The van der Waals surface area contributed by atoms with Gasteiger partial charge in [0.1, 0.15) is 0 Å². The van der Waals surface area contributed by atoms with Gasteiger partial charge in [0.25, 0.3) is 5.70 Å². The fourth-order valence-corrected chi connectivity index (χ4v) is 1.73. The summed E-state index contributed by atoms with van der Waals surface area (Å²) in [7, 11) is 0. The molecular formula is C10H16N2O2. The van der Waals surface area contributed by atoms with E-state index in [1.165, 1.54) is 37.9 Å². The molecule has 0 radical (unpaired) electrons. The molecule has 1 saturated heterocycles. The average molecular weight is 196 g/mol. The summed E-state index contributed by atoms with van der Waals surface area (Å²) < 4.78 is 0. The van der Waals surface area contributed by atoms with Gasteiger partial charge in [0.15, 0.2) is 6.42 Å². The lowest BCUT2D eigenvalue weighted by Gasteiger charge is -2.21. The lowest BCUT2D eigenvalue weighted by molar-refractivity contribution is -0.283. The van der Waals surface area contributed by atoms with Crippen molar-refractivity contribution in [2.24, 2.45) is 0 Å². The van der Waals surface area contributed by atoms with Crippen molar-refractivity contribution in [3.05, 3.63) is 11.8 Å². The molecule has 4 heteroatoms. The van der Waals surface area contributed by atoms with Crippen molar-refractivity contribution in [1.82, 2.24) is 10.4 Å². The third-order valence-electron chi connectivity index (χ3n) is 2.36. The van der Waals surface area contributed by atoms with Crippen molar-refractivity contribution in [3.8, 4) is 0 Å². The Morgan fingerprint density at radius 2 is 2.21 bits per heavy atom. The average Bonchev–Trinajstić information content (AvgIpc) is 2.43. The molecule has 0 unspecified atom stereocenters. The van der Waals surface area contributed by atoms with E-state index in [1.54, 1.807) is 0 Å². The Morgan fingerprint density at radius 3 is 3.00 bits per heavy atom. The van der Waals surface area contributed by atoms with Crippen LogP contribution in [0.5, 0.6) is 0 Å². The summed E-state index contributed by atoms with van der Waals surface area (Å²) in [6.45, 7) is 1.83. The van der Waals surface area contributed by atoms with Crippen LogP contribution in [-0.2, 0) is 4.79 Å². The topological polar surface area (TPSA) is 55.4 Å². The van der Waals surface area contributed by atoms with Crippen molar-refractivity contribution in [2.75, 3.05) is 13.1 Å². The van der Waals surface area contributed by atoms with Crippen molar-refractivity contribution >= 4 is 6.47 Å². The summed E-state index contributed by atoms with van der Waals surface area (Å²) in [5, 5.41) is 10.5. The van der Waals surface area contributed by atoms with E-state index in [0.717, 1.165) is 13.0 Å². The first-order chi connectivity index (χ1) is 6.88. The van der Waals surface area contributed by atoms with Gasteiger partial charge in [-0.3, -0.25) is 5.01 Å². The first-order valence-corrected chi connectivity index (χ1v) is 5.05. The molecule has 1 fully saturated rings. The minimum atomic E-state index is -0.500. The summed E-state index contributed by atoms with van der Waals surface area (Å²) in [5.41, 5.74) is 4.83. The van der Waals surface area contributed by atoms with E-state index in [9.17, 15) is 0 Å². The monoisotopic (exact) mass is 196 g/mol. The molecule has 0 bridgehead atoms. The highest BCUT2D eigenvalue weighted by atomic mass is 16.3. The van der Waals surface area contributed by atoms with Gasteiger partial charge in [0, 0.05) is 32.4 Å². The molecule has 2 heterocycles. The number of nitrogens with zero attached hydrogens (tertiary/aromatic N) is 1. The van der Waals surface area contributed by atoms with Crippen LogP contribution >= 0.6 is 0 Å². The van der Waals surface area contributed by atoms with Gasteiger partial charge in [0.2, 0.25) is 6.08 Å². The van der Waals surface area contributed by atoms with Gasteiger partial charge in [-0.2, -0.15) is 0 Å². The molecule has 2 aliphatic rings. The molecule has 0 spiro atoms. The van der Waals surface area contributed by atoms with Crippen molar-refractivity contribution in [1.29, 1.82) is 0 Å². The molecule has 2 rings (SSSR count). The number of allylic oxidation sites excluding steroid dienone is 2. The summed E-state index contributed by atoms with van der Waals surface area (Å²) in [6, 6.07) is 0. The van der Waals surface area contributed by atoms with Gasteiger partial charge in [-0.15, -0.1) is 0 Å². The third-order valence-corrected chi connectivity index (χ3v) is 2.36. The highest BCUT2D eigenvalue weighted by Gasteiger charge is 2.25. The standard InChI is InChI=1S/C9H15N2.CH2O2/c1-3-7-10-11-8-4-2-6-9(11)5-1;2-1-3/h10H,1-5,7-8H2;1H,(H,2,3)/q+1;/p-1. The number of carbonyl (C=O) groups excluding carboxylic acids is 1. The zero-order valence-corrected chi connectivity index (χ0v) is 8.29. The maximum atomic E-state index is 8.25. The van der Waals surface area contributed by atoms with E-state index in [4.69, 9.17) is 9.90 Å². The van der Waals surface area contributed by atoms with Gasteiger partial charge >= 0.3 is 0 Å². The maximum Gasteiger partial charge on any atom is 0.270 e. The first kappa shape index (κ1) is 11.0. The molecule has 0 saturated carbocycles. The van der Waals surface area contributed by atoms with Gasteiger partial charge in [0.05, 0.1) is 0 Å². The third kappa shape index (κ3) is 3.32. The Kier molecular flexibility index (Phi) is 4.97. The molecule has 0 aliphatic carbocycles. The maximum absolute atomic E-state index is 8.25. The van der Waals surface area contributed by atoms with Crippen LogP contribution in [0.15, 0.2) is 5.70 Å². The van der Waals surface area contributed by atoms with Crippen LogP contribution in [0.4, 0.5) is 0 Å². The van der Waals surface area contributed by atoms with E-state index < -0.39 is 6.47 Å². The van der Waals surface area contributed by atoms with E-state index >= 15 is 0 Å². The molecule has 0 amide bonds. The molecule has 0 atom stereocenters. The van der Waals surface area contributed by atoms with Crippen molar-refractivity contribution in [3.63, 3.8) is 0 Å². The van der Waals surface area contributed by atoms with Crippen molar-refractivity contribution in [2.45, 2.75) is 32.1 Å². The van der Waals surface area contributed by atoms with Crippen molar-refractivity contribution < 1.29 is 9.90 Å². The Balaban J connectivity index is 0.000000293. The molecule has 4 nitrogen and oxygen atoms in total. The Hall–Kier alpha value is -1.12. The second kappa shape index (κ2) is 6.35. The number of hydrogen-bond donors (Lipinski definition) is 1. The Labute approximate surface area is 84.6 Å². The SMILES string of the molecule is O=C[O-].[C+]1=C2CCCCNN2CCC1. The van der Waals surface area contributed by atoms with Crippen LogP contribution in [0, 0.1) is 6.08 Å². The van der Waals surface area contributed by atoms with E-state index in [1.807, 2.05) is 0 Å². The van der Waals surface area contributed by atoms with Crippen LogP contribution in [-0.4, -0.2) is 24.6 Å². The Bertz CT molecular complexity index is 204. The summed E-state index contributed by atoms with van der Waals surface area (Å²) >= 11 is 0. The molecular weight excluding hydrogens is 180 g/mol. The molecule has 0 aromatic rings. The minimum Gasteiger partial charge on any atom is -0.554 e. The van der Waals surface area contributed by atoms with Crippen LogP contribution in [0.1, 0.15) is 32.1 Å². The molecule has 2 aliphatic heterocycles. The highest BCUT2D eigenvalue weighted by Crippen LogP contribution is 2.19. The summed E-state index contributed by atoms with van der Waals surface area (Å²) in [6.07, 6.45) is 9.72. The van der Waals surface area contributed by atoms with Crippen LogP contribution in [0.25, 0.3) is 0 Å². The van der Waals surface area contributed by atoms with Crippen LogP contribution < -0.4 is 10.5 Å². The number of rotatable bonds is 0. The van der Waals surface area contributed by atoms with Gasteiger partial charge in [-0.25, -0.2) is 5.43 Å². The largest absolute Gasteiger partial charge is 0.554 e. The second-order valence-electron chi connectivity index (χ2n) is 3.34. The summed E-state index contributed by atoms with van der Waals surface area (Å²) in [4.78, 5) is 8.25. The number of nitrogens with one attached hydrogen (secondary N) is 1. The fourth-order valence-electron chi connectivity index (χ4n) is 1.73. The molecule has 14 heavy (non-hydrogen) atoms. The van der Waals surface area contributed by atoms with E-state index in [2.05, 4.69) is 16.5 Å². The smallest absolute Gasteiger partial charge is 0.270 e. The van der Waals surface area contributed by atoms with Crippen LogP contribution in [0.2, 0.25) is 0 Å². The lowest BCUT2D eigenvalue weighted by Crippen LogP contribution is -2.38. The molecule has 0 aromatic heterocycles. The normalized spacial score (nSPS) is 20.3. The zero-order chi connectivity index (χ0) is 10.2. The number of carbonyl (C=O) groups is 1. The number of hydrogen-bond acceptors (Lipinski definition) is 4. The van der Waals surface area contributed by atoms with Gasteiger partial charge in [-0.05, 0) is 12.8 Å². The number of fused-ring (bicyclic) bond motifs is 1. The van der Waals surface area contributed by atoms with E-state index in [0.29, 0.717) is 0 Å². The molecule has 0 aromatic carbocycles. The lowest BCUT2D eigenvalue weighted by atomic mass is 10.1. The number of hydrazine groups is 1. The molecule has 1 N–H and O–H groups in total. The van der Waals surface area contributed by atoms with E-state index in [-0.39, 0.29) is 0 Å². The summed E-state index contributed by atoms with van der Waals surface area (Å²) in [5.74, 6) is 0.